The fourth-order valence-electron chi connectivity index (χ4n) is 1.56. The quantitative estimate of drug-likeness (QED) is 0.785. The van der Waals surface area contributed by atoms with Crippen LogP contribution in [-0.2, 0) is 6.42 Å². The first-order valence-corrected chi connectivity index (χ1v) is 5.15. The van der Waals surface area contributed by atoms with Gasteiger partial charge in [-0.3, -0.25) is 9.78 Å². The molecule has 0 spiro atoms. The van der Waals surface area contributed by atoms with Gasteiger partial charge in [-0.1, -0.05) is 6.07 Å². The van der Waals surface area contributed by atoms with Crippen molar-refractivity contribution >= 4 is 5.78 Å². The zero-order valence-electron chi connectivity index (χ0n) is 9.16. The molecule has 1 aromatic carbocycles. The lowest BCUT2D eigenvalue weighted by Gasteiger charge is -2.04. The molecule has 1 aromatic heterocycles. The molecule has 0 saturated heterocycles. The van der Waals surface area contributed by atoms with Crippen LogP contribution in [0.3, 0.4) is 0 Å². The van der Waals surface area contributed by atoms with Gasteiger partial charge < -0.3 is 0 Å². The van der Waals surface area contributed by atoms with E-state index in [1.807, 2.05) is 0 Å². The molecule has 0 saturated carbocycles. The molecule has 1 heterocycles. The Morgan fingerprint density at radius 1 is 1.11 bits per heavy atom. The standard InChI is InChI=1S/C13H8F3NO/c14-8-5-10(15)13(11(16)6-8)12(18)7-9-3-1-2-4-17-9/h1-6H,7H2. The van der Waals surface area contributed by atoms with Crippen LogP contribution in [0.4, 0.5) is 13.2 Å². The Labute approximate surface area is 101 Å². The molecule has 2 nitrogen and oxygen atoms in total. The highest BCUT2D eigenvalue weighted by molar-refractivity contribution is 5.97. The van der Waals surface area contributed by atoms with E-state index in [-0.39, 0.29) is 6.42 Å². The third kappa shape index (κ3) is 2.56. The number of carbonyl (C=O) groups is 1. The lowest BCUT2D eigenvalue weighted by molar-refractivity contribution is 0.0983. The fraction of sp³-hybridized carbons (Fsp3) is 0.0769. The first-order valence-electron chi connectivity index (χ1n) is 5.15. The lowest BCUT2D eigenvalue weighted by Crippen LogP contribution is -2.10. The summed E-state index contributed by atoms with van der Waals surface area (Å²) >= 11 is 0. The molecular weight excluding hydrogens is 243 g/mol. The number of nitrogens with zero attached hydrogens (tertiary/aromatic N) is 1. The van der Waals surface area contributed by atoms with Gasteiger partial charge >= 0.3 is 0 Å². The van der Waals surface area contributed by atoms with Crippen molar-refractivity contribution in [1.29, 1.82) is 0 Å². The molecule has 5 heteroatoms. The first-order chi connectivity index (χ1) is 8.58. The summed E-state index contributed by atoms with van der Waals surface area (Å²) < 4.78 is 39.4. The van der Waals surface area contributed by atoms with Crippen molar-refractivity contribution in [3.63, 3.8) is 0 Å². The second-order valence-electron chi connectivity index (χ2n) is 3.67. The van der Waals surface area contributed by atoms with Crippen LogP contribution < -0.4 is 0 Å². The molecule has 0 atom stereocenters. The van der Waals surface area contributed by atoms with E-state index in [1.165, 1.54) is 6.20 Å². The maximum Gasteiger partial charge on any atom is 0.174 e. The Hall–Kier alpha value is -2.17. The number of rotatable bonds is 3. The van der Waals surface area contributed by atoms with Gasteiger partial charge in [-0.15, -0.1) is 0 Å². The summed E-state index contributed by atoms with van der Waals surface area (Å²) in [5.74, 6) is -4.23. The average molecular weight is 251 g/mol. The largest absolute Gasteiger partial charge is 0.294 e. The van der Waals surface area contributed by atoms with Gasteiger partial charge in [-0.25, -0.2) is 13.2 Å². The predicted molar refractivity (Wildman–Crippen MR) is 58.6 cm³/mol. The summed E-state index contributed by atoms with van der Waals surface area (Å²) in [5.41, 5.74) is -0.340. The molecule has 0 aliphatic rings. The van der Waals surface area contributed by atoms with Gasteiger partial charge in [0.15, 0.2) is 5.78 Å². The van der Waals surface area contributed by atoms with Gasteiger partial charge in [0.2, 0.25) is 0 Å². The SMILES string of the molecule is O=C(Cc1ccccn1)c1c(F)cc(F)cc1F. The molecule has 92 valence electrons. The smallest absolute Gasteiger partial charge is 0.174 e. The Morgan fingerprint density at radius 3 is 2.33 bits per heavy atom. The van der Waals surface area contributed by atoms with E-state index in [0.717, 1.165) is 0 Å². The van der Waals surface area contributed by atoms with Gasteiger partial charge in [-0.05, 0) is 12.1 Å². The molecule has 18 heavy (non-hydrogen) atoms. The van der Waals surface area contributed by atoms with Crippen LogP contribution >= 0.6 is 0 Å². The van der Waals surface area contributed by atoms with E-state index >= 15 is 0 Å². The van der Waals surface area contributed by atoms with Gasteiger partial charge in [0.05, 0.1) is 12.0 Å². The Balaban J connectivity index is 2.30. The minimum Gasteiger partial charge on any atom is -0.294 e. The number of benzene rings is 1. The minimum absolute atomic E-state index is 0.236. The normalized spacial score (nSPS) is 10.4. The van der Waals surface area contributed by atoms with Crippen molar-refractivity contribution in [2.45, 2.75) is 6.42 Å². The van der Waals surface area contributed by atoms with E-state index in [2.05, 4.69) is 4.98 Å². The fourth-order valence-corrected chi connectivity index (χ4v) is 1.56. The number of Topliss-reactive ketones (excluding diaryl/α,β-unsaturated/α-hetero) is 1. The van der Waals surface area contributed by atoms with Crippen molar-refractivity contribution in [1.82, 2.24) is 4.98 Å². The van der Waals surface area contributed by atoms with Crippen LogP contribution in [0.1, 0.15) is 16.1 Å². The molecule has 0 unspecified atom stereocenters. The Kier molecular flexibility index (Phi) is 3.41. The van der Waals surface area contributed by atoms with E-state index < -0.39 is 28.8 Å². The molecule has 0 N–H and O–H groups in total. The molecule has 0 fully saturated rings. The number of hydrogen-bond donors (Lipinski definition) is 0. The number of halogens is 3. The molecule has 2 aromatic rings. The summed E-state index contributed by atoms with van der Waals surface area (Å²) in [5, 5.41) is 0. The van der Waals surface area contributed by atoms with E-state index in [0.29, 0.717) is 17.8 Å². The van der Waals surface area contributed by atoms with Crippen LogP contribution in [0.15, 0.2) is 36.5 Å². The van der Waals surface area contributed by atoms with E-state index in [4.69, 9.17) is 0 Å². The molecule has 0 aliphatic heterocycles. The summed E-state index contributed by atoms with van der Waals surface area (Å²) in [4.78, 5) is 15.6. The van der Waals surface area contributed by atoms with Crippen molar-refractivity contribution < 1.29 is 18.0 Å². The molecule has 2 rings (SSSR count). The molecular formula is C13H8F3NO. The van der Waals surface area contributed by atoms with Gasteiger partial charge in [-0.2, -0.15) is 0 Å². The first kappa shape index (κ1) is 12.3. The van der Waals surface area contributed by atoms with Gasteiger partial charge in [0.25, 0.3) is 0 Å². The van der Waals surface area contributed by atoms with Crippen LogP contribution in [0, 0.1) is 17.5 Å². The molecule has 0 aliphatic carbocycles. The van der Waals surface area contributed by atoms with E-state index in [9.17, 15) is 18.0 Å². The highest BCUT2D eigenvalue weighted by atomic mass is 19.1. The van der Waals surface area contributed by atoms with E-state index in [1.54, 1.807) is 18.2 Å². The molecule has 0 amide bonds. The highest BCUT2D eigenvalue weighted by Crippen LogP contribution is 2.16. The lowest BCUT2D eigenvalue weighted by atomic mass is 10.0. The average Bonchev–Trinajstić information content (AvgIpc) is 2.28. The zero-order valence-corrected chi connectivity index (χ0v) is 9.16. The summed E-state index contributed by atoms with van der Waals surface area (Å²) in [6.07, 6.45) is 1.24. The van der Waals surface area contributed by atoms with Crippen molar-refractivity contribution in [2.24, 2.45) is 0 Å². The molecule has 0 radical (unpaired) electrons. The summed E-state index contributed by atoms with van der Waals surface area (Å²) in [7, 11) is 0. The van der Waals surface area contributed by atoms with Gasteiger partial charge in [0.1, 0.15) is 17.5 Å². The monoisotopic (exact) mass is 251 g/mol. The van der Waals surface area contributed by atoms with Crippen LogP contribution in [-0.4, -0.2) is 10.8 Å². The van der Waals surface area contributed by atoms with Crippen LogP contribution in [0.2, 0.25) is 0 Å². The number of aromatic nitrogens is 1. The van der Waals surface area contributed by atoms with Gasteiger partial charge in [0, 0.05) is 24.0 Å². The van der Waals surface area contributed by atoms with Crippen LogP contribution in [0.25, 0.3) is 0 Å². The molecule has 0 bridgehead atoms. The summed E-state index contributed by atoms with van der Waals surface area (Å²) in [6.45, 7) is 0. The number of hydrogen-bond acceptors (Lipinski definition) is 2. The van der Waals surface area contributed by atoms with Crippen molar-refractivity contribution in [3.8, 4) is 0 Å². The highest BCUT2D eigenvalue weighted by Gasteiger charge is 2.19. The third-order valence-electron chi connectivity index (χ3n) is 2.35. The Morgan fingerprint density at radius 2 is 1.78 bits per heavy atom. The zero-order chi connectivity index (χ0) is 13.1. The maximum absolute atomic E-state index is 13.3. The van der Waals surface area contributed by atoms with Crippen molar-refractivity contribution in [2.75, 3.05) is 0 Å². The topological polar surface area (TPSA) is 30.0 Å². The Bertz CT molecular complexity index is 561. The minimum atomic E-state index is -1.20. The number of ketones is 1. The van der Waals surface area contributed by atoms with Crippen LogP contribution in [0.5, 0.6) is 0 Å². The predicted octanol–water partition coefficient (Wildman–Crippen LogP) is 2.92. The summed E-state index contributed by atoms with van der Waals surface area (Å²) in [6, 6.07) is 5.85. The van der Waals surface area contributed by atoms with Crippen molar-refractivity contribution in [3.05, 3.63) is 65.2 Å². The second-order valence-corrected chi connectivity index (χ2v) is 3.67. The number of pyridine rings is 1. The maximum atomic E-state index is 13.3. The second kappa shape index (κ2) is 5.00. The third-order valence-corrected chi connectivity index (χ3v) is 2.35. The number of carbonyl (C=O) groups excluding carboxylic acids is 1.